The van der Waals surface area contributed by atoms with E-state index in [4.69, 9.17) is 17.2 Å². The van der Waals surface area contributed by atoms with Crippen LogP contribution in [0.3, 0.4) is 0 Å². The molecule has 0 bridgehead atoms. The van der Waals surface area contributed by atoms with Crippen LogP contribution in [0.5, 0.6) is 0 Å². The number of amides is 4. The number of carbonyl (C=O) groups excluding carboxylic acids is 4. The van der Waals surface area contributed by atoms with Gasteiger partial charge in [0.15, 0.2) is 0 Å². The van der Waals surface area contributed by atoms with Crippen LogP contribution in [0.1, 0.15) is 46.0 Å². The van der Waals surface area contributed by atoms with Crippen molar-refractivity contribution >= 4 is 29.6 Å². The number of nitrogens with two attached hydrogens (primary N) is 3. The Morgan fingerprint density at radius 1 is 0.844 bits per heavy atom. The van der Waals surface area contributed by atoms with Gasteiger partial charge in [0.1, 0.15) is 18.1 Å². The van der Waals surface area contributed by atoms with E-state index in [0.717, 1.165) is 0 Å². The Morgan fingerprint density at radius 2 is 1.38 bits per heavy atom. The molecule has 4 amide bonds. The van der Waals surface area contributed by atoms with Crippen LogP contribution in [-0.4, -0.2) is 77.1 Å². The van der Waals surface area contributed by atoms with Crippen molar-refractivity contribution in [2.75, 3.05) is 13.2 Å². The van der Waals surface area contributed by atoms with Crippen LogP contribution in [0.2, 0.25) is 0 Å². The molecule has 13 nitrogen and oxygen atoms in total. The third-order valence-corrected chi connectivity index (χ3v) is 4.71. The highest BCUT2D eigenvalue weighted by molar-refractivity contribution is 5.94. The average Bonchev–Trinajstić information content (AvgIpc) is 2.72. The van der Waals surface area contributed by atoms with Gasteiger partial charge in [0.2, 0.25) is 23.6 Å². The number of carboxylic acid groups (broad SMARTS) is 1. The average molecular weight is 461 g/mol. The summed E-state index contributed by atoms with van der Waals surface area (Å²) in [5.74, 6) is -4.58. The Morgan fingerprint density at radius 3 is 1.84 bits per heavy atom. The predicted molar refractivity (Wildman–Crippen MR) is 115 cm³/mol. The van der Waals surface area contributed by atoms with Crippen molar-refractivity contribution in [3.05, 3.63) is 0 Å². The van der Waals surface area contributed by atoms with Crippen molar-refractivity contribution in [3.8, 4) is 0 Å². The number of hydrogen-bond acceptors (Lipinski definition) is 8. The van der Waals surface area contributed by atoms with Crippen molar-refractivity contribution in [1.82, 2.24) is 16.0 Å². The molecule has 0 heterocycles. The molecular formula is C19H36N6O7. The van der Waals surface area contributed by atoms with Gasteiger partial charge in [-0.2, -0.15) is 0 Å². The Hall–Kier alpha value is -2.77. The van der Waals surface area contributed by atoms with E-state index in [1.54, 1.807) is 13.8 Å². The lowest BCUT2D eigenvalue weighted by molar-refractivity contribution is -0.142. The first kappa shape index (κ1) is 29.2. The number of rotatable bonds is 16. The molecule has 4 unspecified atom stereocenters. The molecule has 0 aliphatic heterocycles. The Bertz CT molecular complexity index is 658. The molecular weight excluding hydrogens is 424 g/mol. The molecule has 4 atom stereocenters. The van der Waals surface area contributed by atoms with Crippen LogP contribution < -0.4 is 33.2 Å². The topological polar surface area (TPSA) is 240 Å². The summed E-state index contributed by atoms with van der Waals surface area (Å²) in [4.78, 5) is 59.7. The van der Waals surface area contributed by atoms with E-state index in [1.165, 1.54) is 0 Å². The first-order valence-corrected chi connectivity index (χ1v) is 10.4. The molecule has 11 N–H and O–H groups in total. The van der Waals surface area contributed by atoms with Crippen LogP contribution in [0.25, 0.3) is 0 Å². The van der Waals surface area contributed by atoms with E-state index in [1.807, 2.05) is 0 Å². The summed E-state index contributed by atoms with van der Waals surface area (Å²) in [5.41, 5.74) is 16.2. The van der Waals surface area contributed by atoms with Crippen LogP contribution in [0, 0.1) is 5.92 Å². The third-order valence-electron chi connectivity index (χ3n) is 4.71. The SMILES string of the molecule is CC(C)C(N)C(=O)NC(CO)C(=O)NC(CCCCN)C(=O)NC(CCC(N)=O)C(=O)O. The second kappa shape index (κ2) is 15.1. The summed E-state index contributed by atoms with van der Waals surface area (Å²) >= 11 is 0. The number of hydrogen-bond donors (Lipinski definition) is 8. The zero-order chi connectivity index (χ0) is 24.8. The van der Waals surface area contributed by atoms with Crippen LogP contribution >= 0.6 is 0 Å². The molecule has 184 valence electrons. The zero-order valence-corrected chi connectivity index (χ0v) is 18.5. The molecule has 0 aliphatic carbocycles. The summed E-state index contributed by atoms with van der Waals surface area (Å²) in [6, 6.07) is -4.81. The summed E-state index contributed by atoms with van der Waals surface area (Å²) in [7, 11) is 0. The smallest absolute Gasteiger partial charge is 0.326 e. The van der Waals surface area contributed by atoms with E-state index in [-0.39, 0.29) is 25.2 Å². The number of carboxylic acids is 1. The fourth-order valence-electron chi connectivity index (χ4n) is 2.62. The number of aliphatic hydroxyl groups excluding tert-OH is 1. The quantitative estimate of drug-likeness (QED) is 0.109. The molecule has 0 saturated carbocycles. The fraction of sp³-hybridized carbons (Fsp3) is 0.737. The van der Waals surface area contributed by atoms with Crippen molar-refractivity contribution < 1.29 is 34.2 Å². The van der Waals surface area contributed by atoms with Crippen molar-refractivity contribution in [2.24, 2.45) is 23.1 Å². The van der Waals surface area contributed by atoms with Gasteiger partial charge in [0.25, 0.3) is 0 Å². The molecule has 0 fully saturated rings. The van der Waals surface area contributed by atoms with Crippen molar-refractivity contribution in [3.63, 3.8) is 0 Å². The lowest BCUT2D eigenvalue weighted by Gasteiger charge is -2.25. The molecule has 0 spiro atoms. The van der Waals surface area contributed by atoms with Gasteiger partial charge in [-0.15, -0.1) is 0 Å². The summed E-state index contributed by atoms with van der Waals surface area (Å²) in [5, 5.41) is 25.8. The number of primary amides is 1. The van der Waals surface area contributed by atoms with Gasteiger partial charge in [-0.3, -0.25) is 19.2 Å². The predicted octanol–water partition coefficient (Wildman–Crippen LogP) is -3.10. The lowest BCUT2D eigenvalue weighted by atomic mass is 10.0. The first-order chi connectivity index (χ1) is 14.9. The number of unbranched alkanes of at least 4 members (excludes halogenated alkanes) is 1. The summed E-state index contributed by atoms with van der Waals surface area (Å²) < 4.78 is 0. The number of nitrogens with one attached hydrogen (secondary N) is 3. The largest absolute Gasteiger partial charge is 0.480 e. The summed E-state index contributed by atoms with van der Waals surface area (Å²) in [6.07, 6.45) is 0.655. The van der Waals surface area contributed by atoms with Crippen LogP contribution in [-0.2, 0) is 24.0 Å². The second-order valence-electron chi connectivity index (χ2n) is 7.76. The van der Waals surface area contributed by atoms with Gasteiger partial charge >= 0.3 is 5.97 Å². The zero-order valence-electron chi connectivity index (χ0n) is 18.5. The molecule has 0 aromatic rings. The summed E-state index contributed by atoms with van der Waals surface area (Å²) in [6.45, 7) is 3.04. The monoisotopic (exact) mass is 460 g/mol. The number of aliphatic hydroxyl groups is 1. The molecule has 0 aromatic heterocycles. The standard InChI is InChI=1S/C19H36N6O7/c1-10(2)15(22)18(30)25-13(9-26)17(29)23-11(5-3-4-8-20)16(28)24-12(19(31)32)6-7-14(21)27/h10-13,15,26H,3-9,20,22H2,1-2H3,(H2,21,27)(H,23,29)(H,24,28)(H,25,30)(H,31,32). The highest BCUT2D eigenvalue weighted by Gasteiger charge is 2.30. The van der Waals surface area contributed by atoms with E-state index in [0.29, 0.717) is 19.4 Å². The van der Waals surface area contributed by atoms with E-state index >= 15 is 0 Å². The highest BCUT2D eigenvalue weighted by atomic mass is 16.4. The van der Waals surface area contributed by atoms with Gasteiger partial charge in [-0.25, -0.2) is 4.79 Å². The van der Waals surface area contributed by atoms with E-state index < -0.39 is 60.4 Å². The van der Waals surface area contributed by atoms with Crippen molar-refractivity contribution in [2.45, 2.75) is 70.1 Å². The molecule has 32 heavy (non-hydrogen) atoms. The normalized spacial score (nSPS) is 14.7. The lowest BCUT2D eigenvalue weighted by Crippen LogP contribution is -2.58. The molecule has 0 radical (unpaired) electrons. The number of carbonyl (C=O) groups is 5. The molecule has 0 saturated heterocycles. The minimum Gasteiger partial charge on any atom is -0.480 e. The maximum Gasteiger partial charge on any atom is 0.326 e. The molecule has 13 heteroatoms. The Labute approximate surface area is 186 Å². The Balaban J connectivity index is 5.30. The van der Waals surface area contributed by atoms with Gasteiger partial charge in [-0.1, -0.05) is 13.8 Å². The van der Waals surface area contributed by atoms with E-state index in [9.17, 15) is 34.2 Å². The highest BCUT2D eigenvalue weighted by Crippen LogP contribution is 2.05. The molecule has 0 aliphatic rings. The second-order valence-corrected chi connectivity index (χ2v) is 7.76. The Kier molecular flexibility index (Phi) is 13.8. The van der Waals surface area contributed by atoms with Gasteiger partial charge in [-0.05, 0) is 38.1 Å². The van der Waals surface area contributed by atoms with Crippen LogP contribution in [0.4, 0.5) is 0 Å². The molecule has 0 rings (SSSR count). The molecule has 0 aromatic carbocycles. The minimum absolute atomic E-state index is 0.133. The third kappa shape index (κ3) is 11.0. The van der Waals surface area contributed by atoms with Crippen molar-refractivity contribution in [1.29, 1.82) is 0 Å². The van der Waals surface area contributed by atoms with E-state index in [2.05, 4.69) is 16.0 Å². The van der Waals surface area contributed by atoms with Gasteiger partial charge < -0.3 is 43.4 Å². The maximum absolute atomic E-state index is 12.7. The van der Waals surface area contributed by atoms with Gasteiger partial charge in [0, 0.05) is 6.42 Å². The van der Waals surface area contributed by atoms with Crippen LogP contribution in [0.15, 0.2) is 0 Å². The fourth-order valence-corrected chi connectivity index (χ4v) is 2.62. The number of aliphatic carboxylic acids is 1. The van der Waals surface area contributed by atoms with Gasteiger partial charge in [0.05, 0.1) is 12.6 Å². The minimum atomic E-state index is -1.39. The first-order valence-electron chi connectivity index (χ1n) is 10.4. The maximum atomic E-state index is 12.7.